The Balaban J connectivity index is 2.36. The summed E-state index contributed by atoms with van der Waals surface area (Å²) in [6.45, 7) is 1.79. The van der Waals surface area contributed by atoms with Crippen molar-refractivity contribution in [3.63, 3.8) is 0 Å². The quantitative estimate of drug-likeness (QED) is 0.479. The number of halogens is 1. The van der Waals surface area contributed by atoms with Gasteiger partial charge in [-0.2, -0.15) is 0 Å². The second kappa shape index (κ2) is 4.63. The molecule has 0 saturated carbocycles. The molecule has 88 valence electrons. The molecule has 0 saturated heterocycles. The first kappa shape index (κ1) is 11.7. The van der Waals surface area contributed by atoms with Gasteiger partial charge in [0.05, 0.1) is 11.5 Å². The first-order valence-electron chi connectivity index (χ1n) is 5.02. The zero-order valence-electron chi connectivity index (χ0n) is 9.03. The number of thiophene rings is 1. The first-order chi connectivity index (χ1) is 8.11. The van der Waals surface area contributed by atoms with E-state index in [2.05, 4.69) is 4.74 Å². The lowest BCUT2D eigenvalue weighted by Crippen LogP contribution is -2.16. The number of carbonyl (C=O) groups excluding carboxylic acids is 2. The van der Waals surface area contributed by atoms with Gasteiger partial charge in [0.1, 0.15) is 5.82 Å². The van der Waals surface area contributed by atoms with Crippen LogP contribution in [0.4, 0.5) is 4.39 Å². The molecule has 0 radical (unpaired) electrons. The predicted molar refractivity (Wildman–Crippen MR) is 62.7 cm³/mol. The van der Waals surface area contributed by atoms with Crippen LogP contribution in [-0.4, -0.2) is 18.4 Å². The number of carbonyl (C=O) groups is 2. The van der Waals surface area contributed by atoms with Crippen LogP contribution in [0.5, 0.6) is 0 Å². The summed E-state index contributed by atoms with van der Waals surface area (Å²) in [5.41, 5.74) is 0. The Labute approximate surface area is 101 Å². The number of rotatable bonds is 3. The SMILES string of the molecule is CCOC(=O)C(=O)c1cc2cc(F)ccc2s1. The molecule has 0 aliphatic heterocycles. The Morgan fingerprint density at radius 1 is 1.35 bits per heavy atom. The van der Waals surface area contributed by atoms with Crippen LogP contribution in [-0.2, 0) is 9.53 Å². The molecule has 0 aliphatic rings. The lowest BCUT2D eigenvalue weighted by atomic mass is 10.2. The maximum Gasteiger partial charge on any atom is 0.380 e. The summed E-state index contributed by atoms with van der Waals surface area (Å²) in [6.07, 6.45) is 0. The van der Waals surface area contributed by atoms with Crippen LogP contribution in [0.1, 0.15) is 16.6 Å². The molecule has 0 N–H and O–H groups in total. The molecule has 0 atom stereocenters. The smallest absolute Gasteiger partial charge is 0.380 e. The molecule has 0 aliphatic carbocycles. The van der Waals surface area contributed by atoms with E-state index in [1.165, 1.54) is 18.2 Å². The van der Waals surface area contributed by atoms with Crippen LogP contribution in [0.3, 0.4) is 0 Å². The van der Waals surface area contributed by atoms with Gasteiger partial charge in [-0.15, -0.1) is 11.3 Å². The third-order valence-corrected chi connectivity index (χ3v) is 3.28. The van der Waals surface area contributed by atoms with E-state index in [9.17, 15) is 14.0 Å². The van der Waals surface area contributed by atoms with Crippen LogP contribution in [0.2, 0.25) is 0 Å². The number of esters is 1. The maximum absolute atomic E-state index is 13.0. The Morgan fingerprint density at radius 3 is 2.82 bits per heavy atom. The number of ketones is 1. The Hall–Kier alpha value is -1.75. The van der Waals surface area contributed by atoms with E-state index in [0.717, 1.165) is 16.0 Å². The number of ether oxygens (including phenoxy) is 1. The van der Waals surface area contributed by atoms with E-state index in [0.29, 0.717) is 5.39 Å². The van der Waals surface area contributed by atoms with Crippen molar-refractivity contribution in [3.05, 3.63) is 35.0 Å². The summed E-state index contributed by atoms with van der Waals surface area (Å²) < 4.78 is 18.3. The Kier molecular flexibility index (Phi) is 3.19. The van der Waals surface area contributed by atoms with E-state index in [4.69, 9.17) is 0 Å². The summed E-state index contributed by atoms with van der Waals surface area (Å²) in [7, 11) is 0. The average Bonchev–Trinajstić information content (AvgIpc) is 2.71. The van der Waals surface area contributed by atoms with E-state index in [1.807, 2.05) is 0 Å². The minimum Gasteiger partial charge on any atom is -0.460 e. The molecular formula is C12H9FO3S. The molecule has 0 unspecified atom stereocenters. The number of benzene rings is 1. The Bertz CT molecular complexity index is 588. The molecule has 0 bridgehead atoms. The second-order valence-corrected chi connectivity index (χ2v) is 4.43. The first-order valence-corrected chi connectivity index (χ1v) is 5.84. The van der Waals surface area contributed by atoms with Gasteiger partial charge >= 0.3 is 5.97 Å². The summed E-state index contributed by atoms with van der Waals surface area (Å²) in [5, 5.41) is 0.614. The van der Waals surface area contributed by atoms with Crippen molar-refractivity contribution in [1.82, 2.24) is 0 Å². The van der Waals surface area contributed by atoms with Gasteiger partial charge in [0.25, 0.3) is 5.78 Å². The molecule has 17 heavy (non-hydrogen) atoms. The highest BCUT2D eigenvalue weighted by atomic mass is 32.1. The highest BCUT2D eigenvalue weighted by molar-refractivity contribution is 7.21. The van der Waals surface area contributed by atoms with Crippen LogP contribution in [0.15, 0.2) is 24.3 Å². The van der Waals surface area contributed by atoms with Gasteiger partial charge in [0, 0.05) is 4.70 Å². The van der Waals surface area contributed by atoms with Crippen molar-refractivity contribution < 1.29 is 18.7 Å². The van der Waals surface area contributed by atoms with Crippen LogP contribution < -0.4 is 0 Å². The van der Waals surface area contributed by atoms with Crippen molar-refractivity contribution in [3.8, 4) is 0 Å². The van der Waals surface area contributed by atoms with Crippen LogP contribution >= 0.6 is 11.3 Å². The number of hydrogen-bond acceptors (Lipinski definition) is 4. The van der Waals surface area contributed by atoms with E-state index in [1.54, 1.807) is 13.0 Å². The highest BCUT2D eigenvalue weighted by Gasteiger charge is 2.19. The van der Waals surface area contributed by atoms with E-state index < -0.39 is 11.8 Å². The molecule has 0 fully saturated rings. The molecular weight excluding hydrogens is 243 g/mol. The fourth-order valence-corrected chi connectivity index (χ4v) is 2.39. The normalized spacial score (nSPS) is 10.5. The van der Waals surface area contributed by atoms with Gasteiger partial charge in [-0.05, 0) is 36.6 Å². The van der Waals surface area contributed by atoms with Crippen molar-refractivity contribution in [2.75, 3.05) is 6.61 Å². The molecule has 3 nitrogen and oxygen atoms in total. The van der Waals surface area contributed by atoms with Gasteiger partial charge in [-0.3, -0.25) is 4.79 Å². The number of Topliss-reactive ketones (excluding diaryl/α,β-unsaturated/α-hetero) is 1. The average molecular weight is 252 g/mol. The van der Waals surface area contributed by atoms with E-state index >= 15 is 0 Å². The second-order valence-electron chi connectivity index (χ2n) is 3.34. The van der Waals surface area contributed by atoms with Gasteiger partial charge in [0.2, 0.25) is 0 Å². The molecule has 0 spiro atoms. The van der Waals surface area contributed by atoms with Gasteiger partial charge in [-0.25, -0.2) is 9.18 Å². The molecule has 1 aromatic carbocycles. The van der Waals surface area contributed by atoms with E-state index in [-0.39, 0.29) is 17.3 Å². The molecule has 2 rings (SSSR count). The Morgan fingerprint density at radius 2 is 2.12 bits per heavy atom. The molecule has 2 aromatic rings. The van der Waals surface area contributed by atoms with Crippen molar-refractivity contribution in [2.45, 2.75) is 6.92 Å². The highest BCUT2D eigenvalue weighted by Crippen LogP contribution is 2.26. The molecule has 1 heterocycles. The summed E-state index contributed by atoms with van der Waals surface area (Å²) in [5.74, 6) is -1.93. The molecule has 1 aromatic heterocycles. The van der Waals surface area contributed by atoms with Crippen molar-refractivity contribution >= 4 is 33.2 Å². The largest absolute Gasteiger partial charge is 0.460 e. The van der Waals surface area contributed by atoms with Gasteiger partial charge in [-0.1, -0.05) is 0 Å². The predicted octanol–water partition coefficient (Wildman–Crippen LogP) is 2.79. The van der Waals surface area contributed by atoms with Gasteiger partial charge in [0.15, 0.2) is 0 Å². The van der Waals surface area contributed by atoms with Crippen molar-refractivity contribution in [2.24, 2.45) is 0 Å². The molecule has 5 heteroatoms. The monoisotopic (exact) mass is 252 g/mol. The fourth-order valence-electron chi connectivity index (χ4n) is 1.42. The topological polar surface area (TPSA) is 43.4 Å². The summed E-state index contributed by atoms with van der Waals surface area (Å²) >= 11 is 1.15. The third kappa shape index (κ3) is 2.34. The maximum atomic E-state index is 13.0. The van der Waals surface area contributed by atoms with Gasteiger partial charge < -0.3 is 4.74 Å². The molecule has 0 amide bonds. The van der Waals surface area contributed by atoms with Crippen LogP contribution in [0, 0.1) is 5.82 Å². The van der Waals surface area contributed by atoms with Crippen LogP contribution in [0.25, 0.3) is 10.1 Å². The standard InChI is InChI=1S/C12H9FO3S/c1-2-16-12(15)11(14)10-6-7-5-8(13)3-4-9(7)17-10/h3-6H,2H2,1H3. The number of fused-ring (bicyclic) bond motifs is 1. The lowest BCUT2D eigenvalue weighted by Gasteiger charge is -1.96. The fraction of sp³-hybridized carbons (Fsp3) is 0.167. The lowest BCUT2D eigenvalue weighted by molar-refractivity contribution is -0.137. The van der Waals surface area contributed by atoms with Crippen molar-refractivity contribution in [1.29, 1.82) is 0 Å². The zero-order chi connectivity index (χ0) is 12.4. The summed E-state index contributed by atoms with van der Waals surface area (Å²) in [6, 6.07) is 5.73. The zero-order valence-corrected chi connectivity index (χ0v) is 9.84. The summed E-state index contributed by atoms with van der Waals surface area (Å²) in [4.78, 5) is 23.1. The third-order valence-electron chi connectivity index (χ3n) is 2.16. The minimum atomic E-state index is -0.875. The number of hydrogen-bond donors (Lipinski definition) is 0. The minimum absolute atomic E-state index is 0.157.